The van der Waals surface area contributed by atoms with Gasteiger partial charge in [-0.1, -0.05) is 13.8 Å². The number of ether oxygens (including phenoxy) is 1. The Labute approximate surface area is 104 Å². The minimum Gasteiger partial charge on any atom is -0.492 e. The van der Waals surface area contributed by atoms with Crippen LogP contribution in [-0.2, 0) is 0 Å². The van der Waals surface area contributed by atoms with E-state index in [-0.39, 0.29) is 11.5 Å². The van der Waals surface area contributed by atoms with Crippen molar-refractivity contribution >= 4 is 21.9 Å². The van der Waals surface area contributed by atoms with Crippen LogP contribution in [0.4, 0.5) is 0 Å². The van der Waals surface area contributed by atoms with Gasteiger partial charge in [0, 0.05) is 0 Å². The lowest BCUT2D eigenvalue weighted by molar-refractivity contribution is 0.0692. The minimum absolute atomic E-state index is 0.208. The molecule has 0 bridgehead atoms. The maximum Gasteiger partial charge on any atom is 0.339 e. The number of benzene rings is 1. The highest BCUT2D eigenvalue weighted by molar-refractivity contribution is 9.10. The third kappa shape index (κ3) is 2.76. The Morgan fingerprint density at radius 1 is 1.50 bits per heavy atom. The molecule has 0 aliphatic rings. The normalized spacial score (nSPS) is 10.6. The van der Waals surface area contributed by atoms with Crippen molar-refractivity contribution in [2.45, 2.75) is 26.7 Å². The molecule has 88 valence electrons. The predicted molar refractivity (Wildman–Crippen MR) is 66.4 cm³/mol. The van der Waals surface area contributed by atoms with Crippen LogP contribution in [0.1, 0.15) is 42.6 Å². The fraction of sp³-hybridized carbons (Fsp3) is 0.417. The topological polar surface area (TPSA) is 46.5 Å². The Hall–Kier alpha value is -1.03. The van der Waals surface area contributed by atoms with Crippen LogP contribution >= 0.6 is 15.9 Å². The van der Waals surface area contributed by atoms with Gasteiger partial charge < -0.3 is 9.84 Å². The van der Waals surface area contributed by atoms with Gasteiger partial charge in [0.05, 0.1) is 11.1 Å². The summed E-state index contributed by atoms with van der Waals surface area (Å²) in [7, 11) is 0. The minimum atomic E-state index is -0.966. The number of aromatic carboxylic acids is 1. The second-order valence-corrected chi connectivity index (χ2v) is 4.63. The first-order valence-electron chi connectivity index (χ1n) is 5.16. The zero-order valence-corrected chi connectivity index (χ0v) is 11.2. The van der Waals surface area contributed by atoms with Crippen molar-refractivity contribution in [2.24, 2.45) is 0 Å². The van der Waals surface area contributed by atoms with E-state index in [9.17, 15) is 4.79 Å². The largest absolute Gasteiger partial charge is 0.492 e. The van der Waals surface area contributed by atoms with Crippen LogP contribution < -0.4 is 4.74 Å². The van der Waals surface area contributed by atoms with Gasteiger partial charge in [-0.05, 0) is 46.5 Å². The molecule has 1 aromatic carbocycles. The van der Waals surface area contributed by atoms with Gasteiger partial charge in [-0.2, -0.15) is 0 Å². The molecule has 0 aliphatic heterocycles. The van der Waals surface area contributed by atoms with Gasteiger partial charge in [-0.3, -0.25) is 0 Å². The Balaban J connectivity index is 3.33. The second kappa shape index (κ2) is 5.34. The van der Waals surface area contributed by atoms with E-state index in [1.54, 1.807) is 6.07 Å². The Kier molecular flexibility index (Phi) is 4.35. The van der Waals surface area contributed by atoms with E-state index >= 15 is 0 Å². The Morgan fingerprint density at radius 2 is 2.12 bits per heavy atom. The van der Waals surface area contributed by atoms with Gasteiger partial charge in [0.1, 0.15) is 11.3 Å². The van der Waals surface area contributed by atoms with E-state index in [4.69, 9.17) is 9.84 Å². The monoisotopic (exact) mass is 286 g/mol. The molecule has 3 nitrogen and oxygen atoms in total. The van der Waals surface area contributed by atoms with Crippen LogP contribution in [0.15, 0.2) is 16.6 Å². The Bertz CT molecular complexity index is 399. The summed E-state index contributed by atoms with van der Waals surface area (Å²) in [4.78, 5) is 11.1. The third-order valence-electron chi connectivity index (χ3n) is 2.25. The number of rotatable bonds is 4. The summed E-state index contributed by atoms with van der Waals surface area (Å²) in [5.41, 5.74) is 1.19. The molecule has 0 spiro atoms. The van der Waals surface area contributed by atoms with Gasteiger partial charge in [0.2, 0.25) is 0 Å². The molecular formula is C12H15BrO3. The summed E-state index contributed by atoms with van der Waals surface area (Å²) < 4.78 is 6.03. The first-order chi connectivity index (χ1) is 7.47. The highest BCUT2D eigenvalue weighted by Crippen LogP contribution is 2.33. The zero-order chi connectivity index (χ0) is 12.3. The lowest BCUT2D eigenvalue weighted by Crippen LogP contribution is -2.05. The molecule has 16 heavy (non-hydrogen) atoms. The number of carbonyl (C=O) groups is 1. The second-order valence-electron chi connectivity index (χ2n) is 3.77. The number of halogens is 1. The summed E-state index contributed by atoms with van der Waals surface area (Å²) in [5, 5.41) is 9.12. The summed E-state index contributed by atoms with van der Waals surface area (Å²) >= 11 is 3.35. The molecule has 0 radical (unpaired) electrons. The predicted octanol–water partition coefficient (Wildman–Crippen LogP) is 3.67. The number of carboxylic acids is 1. The van der Waals surface area contributed by atoms with Crippen molar-refractivity contribution < 1.29 is 14.6 Å². The molecule has 0 unspecified atom stereocenters. The zero-order valence-electron chi connectivity index (χ0n) is 9.58. The molecule has 1 rings (SSSR count). The summed E-state index contributed by atoms with van der Waals surface area (Å²) in [6, 6.07) is 3.57. The molecule has 0 amide bonds. The fourth-order valence-electron chi connectivity index (χ4n) is 1.40. The third-order valence-corrected chi connectivity index (χ3v) is 2.84. The number of hydrogen-bond acceptors (Lipinski definition) is 2. The van der Waals surface area contributed by atoms with Crippen LogP contribution in [-0.4, -0.2) is 17.7 Å². The average Bonchev–Trinajstić information content (AvgIpc) is 2.20. The van der Waals surface area contributed by atoms with E-state index < -0.39 is 5.97 Å². The smallest absolute Gasteiger partial charge is 0.339 e. The number of hydrogen-bond donors (Lipinski definition) is 1. The van der Waals surface area contributed by atoms with Crippen molar-refractivity contribution in [2.75, 3.05) is 6.61 Å². The van der Waals surface area contributed by atoms with Crippen LogP contribution in [0.2, 0.25) is 0 Å². The lowest BCUT2D eigenvalue weighted by atomic mass is 10.0. The van der Waals surface area contributed by atoms with Gasteiger partial charge in [0.25, 0.3) is 0 Å². The van der Waals surface area contributed by atoms with Crippen LogP contribution in [0.5, 0.6) is 5.75 Å². The van der Waals surface area contributed by atoms with Gasteiger partial charge >= 0.3 is 5.97 Å². The molecule has 1 N–H and O–H groups in total. The van der Waals surface area contributed by atoms with Gasteiger partial charge in [-0.15, -0.1) is 0 Å². The van der Waals surface area contributed by atoms with E-state index in [2.05, 4.69) is 15.9 Å². The molecule has 0 aliphatic carbocycles. The molecule has 4 heteroatoms. The van der Waals surface area contributed by atoms with E-state index in [0.29, 0.717) is 16.8 Å². The number of carboxylic acid groups (broad SMARTS) is 1. The quantitative estimate of drug-likeness (QED) is 0.919. The van der Waals surface area contributed by atoms with E-state index in [1.807, 2.05) is 26.8 Å². The summed E-state index contributed by atoms with van der Waals surface area (Å²) in [5.74, 6) is -0.281. The van der Waals surface area contributed by atoms with Crippen LogP contribution in [0.3, 0.4) is 0 Å². The van der Waals surface area contributed by atoms with E-state index in [0.717, 1.165) is 5.56 Å². The van der Waals surface area contributed by atoms with Crippen molar-refractivity contribution in [3.05, 3.63) is 27.7 Å². The summed E-state index contributed by atoms with van der Waals surface area (Å²) in [6.45, 7) is 6.32. The molecule has 0 aromatic heterocycles. The molecule has 0 heterocycles. The Morgan fingerprint density at radius 3 is 2.56 bits per heavy atom. The molecular weight excluding hydrogens is 272 g/mol. The van der Waals surface area contributed by atoms with Crippen molar-refractivity contribution in [1.29, 1.82) is 0 Å². The highest BCUT2D eigenvalue weighted by atomic mass is 79.9. The van der Waals surface area contributed by atoms with Crippen molar-refractivity contribution in [3.8, 4) is 5.75 Å². The van der Waals surface area contributed by atoms with Gasteiger partial charge in [-0.25, -0.2) is 4.79 Å². The summed E-state index contributed by atoms with van der Waals surface area (Å²) in [6.07, 6.45) is 0. The molecule has 1 aromatic rings. The maximum atomic E-state index is 11.1. The maximum absolute atomic E-state index is 11.1. The molecule has 0 saturated heterocycles. The first kappa shape index (κ1) is 13.0. The van der Waals surface area contributed by atoms with Crippen molar-refractivity contribution in [1.82, 2.24) is 0 Å². The molecule has 0 fully saturated rings. The van der Waals surface area contributed by atoms with Crippen LogP contribution in [0, 0.1) is 0 Å². The van der Waals surface area contributed by atoms with Crippen LogP contribution in [0.25, 0.3) is 0 Å². The highest BCUT2D eigenvalue weighted by Gasteiger charge is 2.17. The molecule has 0 saturated carbocycles. The lowest BCUT2D eigenvalue weighted by Gasteiger charge is -2.13. The van der Waals surface area contributed by atoms with Gasteiger partial charge in [0.15, 0.2) is 0 Å². The average molecular weight is 287 g/mol. The van der Waals surface area contributed by atoms with E-state index in [1.165, 1.54) is 0 Å². The standard InChI is InChI=1S/C12H15BrO3/c1-4-16-11-9(12(14)15)5-8(7(2)3)6-10(11)13/h5-7H,4H2,1-3H3,(H,14,15). The molecule has 0 atom stereocenters. The van der Waals surface area contributed by atoms with Crippen molar-refractivity contribution in [3.63, 3.8) is 0 Å². The SMILES string of the molecule is CCOc1c(Br)cc(C(C)C)cc1C(=O)O. The first-order valence-corrected chi connectivity index (χ1v) is 5.96. The fourth-order valence-corrected chi connectivity index (χ4v) is 1.99.